The fraction of sp³-hybridized carbons (Fsp3) is 0.533. The van der Waals surface area contributed by atoms with Gasteiger partial charge < -0.3 is 14.7 Å². The topological polar surface area (TPSA) is 53.0 Å². The number of carbonyl (C=O) groups excluding carboxylic acids is 1. The van der Waals surface area contributed by atoms with Crippen LogP contribution in [0.1, 0.15) is 17.3 Å². The van der Waals surface area contributed by atoms with E-state index in [4.69, 9.17) is 4.74 Å². The third kappa shape index (κ3) is 3.69. The third-order valence-electron chi connectivity index (χ3n) is 4.07. The molecule has 0 spiro atoms. The van der Waals surface area contributed by atoms with E-state index < -0.39 is 18.1 Å². The molecule has 128 valence electrons. The first-order valence-corrected chi connectivity index (χ1v) is 7.21. The summed E-state index contributed by atoms with van der Waals surface area (Å²) in [6.45, 7) is 1.74. The summed E-state index contributed by atoms with van der Waals surface area (Å²) in [6.07, 6.45) is -4.28. The van der Waals surface area contributed by atoms with E-state index in [1.807, 2.05) is 0 Å². The van der Waals surface area contributed by atoms with Gasteiger partial charge in [0.05, 0.1) is 12.7 Å². The van der Waals surface area contributed by atoms with E-state index >= 15 is 0 Å². The summed E-state index contributed by atoms with van der Waals surface area (Å²) < 4.78 is 43.1. The van der Waals surface area contributed by atoms with Crippen LogP contribution < -0.4 is 4.74 Å². The van der Waals surface area contributed by atoms with Crippen LogP contribution in [0.25, 0.3) is 0 Å². The quantitative estimate of drug-likeness (QED) is 0.921. The Balaban J connectivity index is 2.05. The Kier molecular flexibility index (Phi) is 5.03. The number of methoxy groups -OCH3 is 1. The van der Waals surface area contributed by atoms with Crippen molar-refractivity contribution in [3.63, 3.8) is 0 Å². The number of ether oxygens (including phenoxy) is 1. The van der Waals surface area contributed by atoms with Gasteiger partial charge in [-0.3, -0.25) is 9.69 Å². The largest absolute Gasteiger partial charge is 0.504 e. The second kappa shape index (κ2) is 6.66. The van der Waals surface area contributed by atoms with Crippen molar-refractivity contribution in [3.8, 4) is 11.5 Å². The summed E-state index contributed by atoms with van der Waals surface area (Å²) in [5, 5.41) is 10.0. The van der Waals surface area contributed by atoms with E-state index in [2.05, 4.69) is 0 Å². The Morgan fingerprint density at radius 1 is 1.26 bits per heavy atom. The van der Waals surface area contributed by atoms with Gasteiger partial charge in [-0.25, -0.2) is 0 Å². The van der Waals surface area contributed by atoms with Crippen LogP contribution in [-0.4, -0.2) is 66.3 Å². The van der Waals surface area contributed by atoms with Crippen molar-refractivity contribution in [2.24, 2.45) is 0 Å². The number of aromatic hydroxyl groups is 1. The minimum Gasteiger partial charge on any atom is -0.504 e. The summed E-state index contributed by atoms with van der Waals surface area (Å²) in [7, 11) is 1.38. The number of benzene rings is 1. The van der Waals surface area contributed by atoms with Crippen molar-refractivity contribution in [1.29, 1.82) is 0 Å². The Morgan fingerprint density at radius 2 is 1.87 bits per heavy atom. The lowest BCUT2D eigenvalue weighted by atomic mass is 10.1. The van der Waals surface area contributed by atoms with Gasteiger partial charge in [0.2, 0.25) is 0 Å². The van der Waals surface area contributed by atoms with Crippen LogP contribution in [0, 0.1) is 0 Å². The summed E-state index contributed by atoms with van der Waals surface area (Å²) in [5.74, 6) is -0.494. The zero-order chi connectivity index (χ0) is 17.2. The Morgan fingerprint density at radius 3 is 2.39 bits per heavy atom. The zero-order valence-electron chi connectivity index (χ0n) is 12.9. The molecule has 0 aliphatic carbocycles. The van der Waals surface area contributed by atoms with Gasteiger partial charge in [0.25, 0.3) is 5.91 Å². The van der Waals surface area contributed by atoms with Crippen LogP contribution in [0.15, 0.2) is 18.2 Å². The van der Waals surface area contributed by atoms with Gasteiger partial charge in [-0.05, 0) is 19.1 Å². The molecule has 0 saturated carbocycles. The van der Waals surface area contributed by atoms with Crippen LogP contribution in [0.2, 0.25) is 0 Å². The molecule has 0 radical (unpaired) electrons. The van der Waals surface area contributed by atoms with Gasteiger partial charge in [-0.1, -0.05) is 6.07 Å². The molecule has 1 fully saturated rings. The SMILES string of the molecule is COc1cccc(C(=O)N2CCN(C(C)C(F)(F)F)CC2)c1O. The zero-order valence-corrected chi connectivity index (χ0v) is 12.9. The molecular weight excluding hydrogens is 313 g/mol. The maximum Gasteiger partial charge on any atom is 0.403 e. The highest BCUT2D eigenvalue weighted by atomic mass is 19.4. The van der Waals surface area contributed by atoms with Gasteiger partial charge in [-0.2, -0.15) is 13.2 Å². The number of phenolic OH excluding ortho intramolecular Hbond substituents is 1. The van der Waals surface area contributed by atoms with Crippen molar-refractivity contribution in [3.05, 3.63) is 23.8 Å². The molecule has 1 aromatic carbocycles. The average Bonchev–Trinajstić information content (AvgIpc) is 2.53. The number of rotatable bonds is 3. The molecule has 0 aromatic heterocycles. The van der Waals surface area contributed by atoms with Crippen molar-refractivity contribution >= 4 is 5.91 Å². The van der Waals surface area contributed by atoms with Crippen molar-refractivity contribution < 1.29 is 27.8 Å². The Hall–Kier alpha value is -1.96. The molecule has 0 bridgehead atoms. The molecule has 1 amide bonds. The van der Waals surface area contributed by atoms with Crippen LogP contribution in [0.4, 0.5) is 13.2 Å². The second-order valence-electron chi connectivity index (χ2n) is 5.40. The van der Waals surface area contributed by atoms with Gasteiger partial charge in [-0.15, -0.1) is 0 Å². The van der Waals surface area contributed by atoms with Crippen molar-refractivity contribution in [1.82, 2.24) is 9.80 Å². The fourth-order valence-corrected chi connectivity index (χ4v) is 2.55. The monoisotopic (exact) mass is 332 g/mol. The number of phenols is 1. The Bertz CT molecular complexity index is 570. The number of carbonyl (C=O) groups is 1. The molecule has 8 heteroatoms. The molecule has 1 saturated heterocycles. The van der Waals surface area contributed by atoms with E-state index in [0.717, 1.165) is 6.92 Å². The van der Waals surface area contributed by atoms with Gasteiger partial charge >= 0.3 is 6.18 Å². The van der Waals surface area contributed by atoms with Gasteiger partial charge in [0.1, 0.15) is 6.04 Å². The first kappa shape index (κ1) is 17.4. The standard InChI is InChI=1S/C15H19F3N2O3/c1-10(15(16,17)18)19-6-8-20(9-7-19)14(22)11-4-3-5-12(23-2)13(11)21/h3-5,10,21H,6-9H2,1-2H3. The molecule has 1 heterocycles. The van der Waals surface area contributed by atoms with Crippen LogP contribution in [0.3, 0.4) is 0 Å². The Labute approximate surface area is 132 Å². The second-order valence-corrected chi connectivity index (χ2v) is 5.40. The number of amides is 1. The number of alkyl halides is 3. The molecule has 2 rings (SSSR count). The number of para-hydroxylation sites is 1. The molecule has 23 heavy (non-hydrogen) atoms. The van der Waals surface area contributed by atoms with Crippen LogP contribution in [-0.2, 0) is 0 Å². The molecule has 1 unspecified atom stereocenters. The number of halogens is 3. The van der Waals surface area contributed by atoms with E-state index in [1.165, 1.54) is 29.0 Å². The smallest absolute Gasteiger partial charge is 0.403 e. The molecule has 1 aliphatic rings. The first-order chi connectivity index (χ1) is 10.8. The highest BCUT2D eigenvalue weighted by Crippen LogP contribution is 2.31. The summed E-state index contributed by atoms with van der Waals surface area (Å²) >= 11 is 0. The van der Waals surface area contributed by atoms with Crippen LogP contribution in [0.5, 0.6) is 11.5 Å². The number of piperazine rings is 1. The van der Waals surface area contributed by atoms with E-state index in [-0.39, 0.29) is 43.2 Å². The van der Waals surface area contributed by atoms with Crippen molar-refractivity contribution in [2.45, 2.75) is 19.1 Å². The number of nitrogens with zero attached hydrogens (tertiary/aromatic N) is 2. The highest BCUT2D eigenvalue weighted by molar-refractivity contribution is 5.97. The third-order valence-corrected chi connectivity index (χ3v) is 4.07. The van der Waals surface area contributed by atoms with Crippen LogP contribution >= 0.6 is 0 Å². The molecule has 1 atom stereocenters. The predicted octanol–water partition coefficient (Wildman–Crippen LogP) is 2.11. The fourth-order valence-electron chi connectivity index (χ4n) is 2.55. The number of hydrogen-bond acceptors (Lipinski definition) is 4. The minimum absolute atomic E-state index is 0.0849. The minimum atomic E-state index is -4.28. The molecule has 1 N–H and O–H groups in total. The normalized spacial score (nSPS) is 17.9. The summed E-state index contributed by atoms with van der Waals surface area (Å²) in [4.78, 5) is 15.2. The van der Waals surface area contributed by atoms with E-state index in [0.29, 0.717) is 0 Å². The van der Waals surface area contributed by atoms with Gasteiger partial charge in [0, 0.05) is 26.2 Å². The lowest BCUT2D eigenvalue weighted by molar-refractivity contribution is -0.181. The molecular formula is C15H19F3N2O3. The average molecular weight is 332 g/mol. The van der Waals surface area contributed by atoms with E-state index in [1.54, 1.807) is 6.07 Å². The highest BCUT2D eigenvalue weighted by Gasteiger charge is 2.41. The molecule has 1 aliphatic heterocycles. The maximum atomic E-state index is 12.7. The van der Waals surface area contributed by atoms with Crippen molar-refractivity contribution in [2.75, 3.05) is 33.3 Å². The molecule has 5 nitrogen and oxygen atoms in total. The summed E-state index contributed by atoms with van der Waals surface area (Å²) in [5.41, 5.74) is 0.0849. The predicted molar refractivity (Wildman–Crippen MR) is 77.7 cm³/mol. The number of hydrogen-bond donors (Lipinski definition) is 1. The lowest BCUT2D eigenvalue weighted by Gasteiger charge is -2.38. The van der Waals surface area contributed by atoms with E-state index in [9.17, 15) is 23.1 Å². The van der Waals surface area contributed by atoms with Gasteiger partial charge in [0.15, 0.2) is 11.5 Å². The first-order valence-electron chi connectivity index (χ1n) is 7.21. The maximum absolute atomic E-state index is 12.7. The lowest BCUT2D eigenvalue weighted by Crippen LogP contribution is -2.54. The molecule has 1 aromatic rings. The summed E-state index contributed by atoms with van der Waals surface area (Å²) in [6, 6.07) is 3.03.